The lowest BCUT2D eigenvalue weighted by Crippen LogP contribution is -2.53. The summed E-state index contributed by atoms with van der Waals surface area (Å²) in [6, 6.07) is 7.37. The first kappa shape index (κ1) is 19.7. The van der Waals surface area contributed by atoms with E-state index in [1.165, 1.54) is 0 Å². The van der Waals surface area contributed by atoms with Crippen molar-refractivity contribution < 1.29 is 19.1 Å². The summed E-state index contributed by atoms with van der Waals surface area (Å²) in [7, 11) is 0. The summed E-state index contributed by atoms with van der Waals surface area (Å²) in [6.45, 7) is 9.25. The minimum atomic E-state index is -0.394. The molecule has 6 heteroatoms. The van der Waals surface area contributed by atoms with Crippen molar-refractivity contribution in [2.75, 3.05) is 39.4 Å². The van der Waals surface area contributed by atoms with Crippen LogP contribution in [-0.2, 0) is 9.53 Å². The van der Waals surface area contributed by atoms with Gasteiger partial charge in [0.05, 0.1) is 11.7 Å². The molecule has 6 nitrogen and oxygen atoms in total. The quantitative estimate of drug-likeness (QED) is 0.813. The van der Waals surface area contributed by atoms with Crippen LogP contribution in [0.1, 0.15) is 44.0 Å². The molecule has 2 saturated heterocycles. The van der Waals surface area contributed by atoms with Crippen molar-refractivity contribution in [1.29, 1.82) is 0 Å². The zero-order chi connectivity index (χ0) is 19.4. The second kappa shape index (κ2) is 8.30. The van der Waals surface area contributed by atoms with Gasteiger partial charge in [0.25, 0.3) is 5.91 Å². The highest BCUT2D eigenvalue weighted by molar-refractivity contribution is 5.97. The molecule has 0 bridgehead atoms. The first-order valence-corrected chi connectivity index (χ1v) is 9.78. The van der Waals surface area contributed by atoms with Gasteiger partial charge in [-0.2, -0.15) is 0 Å². The molecule has 2 fully saturated rings. The third-order valence-electron chi connectivity index (χ3n) is 5.06. The Balaban J connectivity index is 1.60. The fourth-order valence-corrected chi connectivity index (χ4v) is 3.49. The van der Waals surface area contributed by atoms with Gasteiger partial charge in [0.2, 0.25) is 5.91 Å². The highest BCUT2D eigenvalue weighted by Gasteiger charge is 2.31. The SMILES string of the molecule is CC(C)(C)C(=O)N1CCN(C(=O)c2ccccc2OCC2CCCO2)CC1. The van der Waals surface area contributed by atoms with E-state index in [0.29, 0.717) is 44.1 Å². The molecule has 27 heavy (non-hydrogen) atoms. The topological polar surface area (TPSA) is 59.1 Å². The fraction of sp³-hybridized carbons (Fsp3) is 0.619. The first-order valence-electron chi connectivity index (χ1n) is 9.78. The molecule has 0 saturated carbocycles. The number of carbonyl (C=O) groups is 2. The molecule has 2 heterocycles. The van der Waals surface area contributed by atoms with Gasteiger partial charge < -0.3 is 19.3 Å². The van der Waals surface area contributed by atoms with Crippen LogP contribution in [-0.4, -0.2) is 67.1 Å². The Labute approximate surface area is 161 Å². The van der Waals surface area contributed by atoms with Crippen molar-refractivity contribution in [2.45, 2.75) is 39.7 Å². The molecule has 1 aromatic rings. The van der Waals surface area contributed by atoms with Crippen molar-refractivity contribution in [1.82, 2.24) is 9.80 Å². The molecule has 148 valence electrons. The molecule has 3 rings (SSSR count). The average Bonchev–Trinajstić information content (AvgIpc) is 3.18. The maximum Gasteiger partial charge on any atom is 0.257 e. The molecule has 1 atom stereocenters. The van der Waals surface area contributed by atoms with Crippen LogP contribution in [0.2, 0.25) is 0 Å². The number of amides is 2. The summed E-state index contributed by atoms with van der Waals surface area (Å²) in [6.07, 6.45) is 2.17. The van der Waals surface area contributed by atoms with Gasteiger partial charge in [-0.1, -0.05) is 32.9 Å². The summed E-state index contributed by atoms with van der Waals surface area (Å²) in [5.41, 5.74) is 0.181. The number of rotatable bonds is 4. The van der Waals surface area contributed by atoms with Crippen LogP contribution in [0, 0.1) is 5.41 Å². The van der Waals surface area contributed by atoms with Crippen LogP contribution < -0.4 is 4.74 Å². The van der Waals surface area contributed by atoms with Crippen molar-refractivity contribution >= 4 is 11.8 Å². The predicted octanol–water partition coefficient (Wildman–Crippen LogP) is 2.57. The molecule has 2 amide bonds. The normalized spacial score (nSPS) is 20.6. The maximum absolute atomic E-state index is 13.0. The Morgan fingerprint density at radius 3 is 2.41 bits per heavy atom. The molecule has 0 spiro atoms. The summed E-state index contributed by atoms with van der Waals surface area (Å²) < 4.78 is 11.5. The van der Waals surface area contributed by atoms with Crippen LogP contribution in [0.4, 0.5) is 0 Å². The van der Waals surface area contributed by atoms with Crippen LogP contribution in [0.3, 0.4) is 0 Å². The van der Waals surface area contributed by atoms with E-state index in [1.54, 1.807) is 11.0 Å². The zero-order valence-corrected chi connectivity index (χ0v) is 16.6. The van der Waals surface area contributed by atoms with Crippen molar-refractivity contribution in [3.63, 3.8) is 0 Å². The number of carbonyl (C=O) groups excluding carboxylic acids is 2. The average molecular weight is 374 g/mol. The van der Waals surface area contributed by atoms with Crippen molar-refractivity contribution in [2.24, 2.45) is 5.41 Å². The van der Waals surface area contributed by atoms with Crippen LogP contribution >= 0.6 is 0 Å². The van der Waals surface area contributed by atoms with Gasteiger partial charge in [0, 0.05) is 38.2 Å². The van der Waals surface area contributed by atoms with E-state index in [1.807, 2.05) is 43.9 Å². The molecular weight excluding hydrogens is 344 g/mol. The summed E-state index contributed by atoms with van der Waals surface area (Å²) in [5, 5.41) is 0. The summed E-state index contributed by atoms with van der Waals surface area (Å²) in [5.74, 6) is 0.696. The maximum atomic E-state index is 13.0. The van der Waals surface area contributed by atoms with Gasteiger partial charge in [-0.05, 0) is 25.0 Å². The second-order valence-electron chi connectivity index (χ2n) is 8.28. The zero-order valence-electron chi connectivity index (χ0n) is 16.6. The first-order chi connectivity index (χ1) is 12.9. The van der Waals surface area contributed by atoms with E-state index in [0.717, 1.165) is 19.4 Å². The van der Waals surface area contributed by atoms with Crippen LogP contribution in [0.5, 0.6) is 5.75 Å². The molecule has 2 aliphatic heterocycles. The standard InChI is InChI=1S/C21H30N2O4/c1-21(2,3)20(25)23-12-10-22(11-13-23)19(24)17-8-4-5-9-18(17)27-15-16-7-6-14-26-16/h4-5,8-9,16H,6-7,10-15H2,1-3H3. The molecule has 2 aliphatic rings. The monoisotopic (exact) mass is 374 g/mol. The second-order valence-corrected chi connectivity index (χ2v) is 8.28. The molecule has 0 radical (unpaired) electrons. The van der Waals surface area contributed by atoms with Gasteiger partial charge in [-0.15, -0.1) is 0 Å². The molecule has 0 N–H and O–H groups in total. The Kier molecular flexibility index (Phi) is 6.05. The largest absolute Gasteiger partial charge is 0.490 e. The van der Waals surface area contributed by atoms with Gasteiger partial charge >= 0.3 is 0 Å². The lowest BCUT2D eigenvalue weighted by molar-refractivity contribution is -0.140. The fourth-order valence-electron chi connectivity index (χ4n) is 3.49. The highest BCUT2D eigenvalue weighted by Crippen LogP contribution is 2.23. The summed E-state index contributed by atoms with van der Waals surface area (Å²) in [4.78, 5) is 29.1. The molecule has 1 unspecified atom stereocenters. The number of nitrogens with zero attached hydrogens (tertiary/aromatic N) is 2. The smallest absolute Gasteiger partial charge is 0.257 e. The van der Waals surface area contributed by atoms with Gasteiger partial charge in [-0.3, -0.25) is 9.59 Å². The molecule has 0 aromatic heterocycles. The van der Waals surface area contributed by atoms with E-state index >= 15 is 0 Å². The number of piperazine rings is 1. The molecule has 0 aliphatic carbocycles. The van der Waals surface area contributed by atoms with Crippen LogP contribution in [0.25, 0.3) is 0 Å². The lowest BCUT2D eigenvalue weighted by Gasteiger charge is -2.37. The third kappa shape index (κ3) is 4.80. The highest BCUT2D eigenvalue weighted by atomic mass is 16.5. The Morgan fingerprint density at radius 2 is 1.78 bits per heavy atom. The van der Waals surface area contributed by atoms with E-state index in [-0.39, 0.29) is 17.9 Å². The lowest BCUT2D eigenvalue weighted by atomic mass is 9.94. The number of ether oxygens (including phenoxy) is 2. The minimum Gasteiger partial charge on any atom is -0.490 e. The summed E-state index contributed by atoms with van der Waals surface area (Å²) >= 11 is 0. The minimum absolute atomic E-state index is 0.0409. The van der Waals surface area contributed by atoms with E-state index in [9.17, 15) is 9.59 Å². The van der Waals surface area contributed by atoms with Crippen LogP contribution in [0.15, 0.2) is 24.3 Å². The Hall–Kier alpha value is -2.08. The van der Waals surface area contributed by atoms with Gasteiger partial charge in [0.1, 0.15) is 12.4 Å². The van der Waals surface area contributed by atoms with Crippen molar-refractivity contribution in [3.8, 4) is 5.75 Å². The number of hydrogen-bond donors (Lipinski definition) is 0. The number of hydrogen-bond acceptors (Lipinski definition) is 4. The van der Waals surface area contributed by atoms with Gasteiger partial charge in [-0.25, -0.2) is 0 Å². The van der Waals surface area contributed by atoms with Crippen molar-refractivity contribution in [3.05, 3.63) is 29.8 Å². The molecular formula is C21H30N2O4. The Morgan fingerprint density at radius 1 is 1.11 bits per heavy atom. The van der Waals surface area contributed by atoms with E-state index < -0.39 is 5.41 Å². The number of para-hydroxylation sites is 1. The van der Waals surface area contributed by atoms with E-state index in [4.69, 9.17) is 9.47 Å². The van der Waals surface area contributed by atoms with E-state index in [2.05, 4.69) is 0 Å². The third-order valence-corrected chi connectivity index (χ3v) is 5.06. The molecule has 1 aromatic carbocycles. The Bertz CT molecular complexity index is 669. The van der Waals surface area contributed by atoms with Gasteiger partial charge in [0.15, 0.2) is 0 Å². The number of benzene rings is 1. The predicted molar refractivity (Wildman–Crippen MR) is 103 cm³/mol.